The normalized spacial score (nSPS) is 10.2. The molecule has 1 heterocycles. The van der Waals surface area contributed by atoms with Crippen LogP contribution in [0.15, 0.2) is 9.32 Å². The molecule has 0 bridgehead atoms. The van der Waals surface area contributed by atoms with Gasteiger partial charge in [-0.05, 0) is 11.6 Å². The number of rotatable bonds is 1. The molecule has 7 heteroatoms. The number of alkyl halides is 1. The minimum atomic E-state index is -1.02. The summed E-state index contributed by atoms with van der Waals surface area (Å²) in [6.45, 7) is 0. The van der Waals surface area contributed by atoms with Crippen LogP contribution in [0.3, 0.4) is 0 Å². The summed E-state index contributed by atoms with van der Waals surface area (Å²) in [5, 5.41) is -0.909. The molecule has 0 N–H and O–H groups in total. The van der Waals surface area contributed by atoms with Gasteiger partial charge >= 0.3 is 10.9 Å². The predicted molar refractivity (Wildman–Crippen MR) is 47.3 cm³/mol. The van der Waals surface area contributed by atoms with Gasteiger partial charge in [-0.2, -0.15) is 0 Å². The number of halogens is 3. The first-order valence-corrected chi connectivity index (χ1v) is 4.62. The van der Waals surface area contributed by atoms with Crippen LogP contribution in [0.2, 0.25) is 5.02 Å². The first-order valence-electron chi connectivity index (χ1n) is 2.74. The molecule has 0 aliphatic rings. The highest BCUT2D eigenvalue weighted by Crippen LogP contribution is 2.15. The average molecular weight is 275 g/mol. The molecule has 4 nitrogen and oxygen atoms in total. The predicted octanol–water partition coefficient (Wildman–Crippen LogP) is 2.20. The van der Waals surface area contributed by atoms with Crippen LogP contribution in [0.5, 0.6) is 0 Å². The zero-order valence-electron chi connectivity index (χ0n) is 5.51. The summed E-state index contributed by atoms with van der Waals surface area (Å²) in [5.74, 6) is 0.177. The fraction of sp³-hybridized carbons (Fsp3) is 0.200. The van der Waals surface area contributed by atoms with Gasteiger partial charge in [-0.15, -0.1) is 0 Å². The van der Waals surface area contributed by atoms with Crippen LogP contribution in [0, 0.1) is 0 Å². The lowest BCUT2D eigenvalue weighted by atomic mass is 10.5. The lowest BCUT2D eigenvalue weighted by Crippen LogP contribution is -2.17. The van der Waals surface area contributed by atoms with Crippen molar-refractivity contribution in [1.29, 1.82) is 0 Å². The van der Waals surface area contributed by atoms with Crippen molar-refractivity contribution < 1.29 is 9.32 Å². The molecule has 1 aromatic heterocycles. The second-order valence-corrected chi connectivity index (χ2v) is 3.08. The van der Waals surface area contributed by atoms with Gasteiger partial charge in [0.25, 0.3) is 0 Å². The maximum atomic E-state index is 11.0. The number of hydrogen-bond acceptors (Lipinski definition) is 3. The maximum Gasteiger partial charge on any atom is 0.357 e. The SMILES string of the molecule is O=C(Cl)n1oc(CBr)c(Cl)c1=O. The monoisotopic (exact) mass is 273 g/mol. The van der Waals surface area contributed by atoms with Crippen molar-refractivity contribution >= 4 is 44.5 Å². The van der Waals surface area contributed by atoms with E-state index >= 15 is 0 Å². The van der Waals surface area contributed by atoms with E-state index in [2.05, 4.69) is 15.9 Å². The van der Waals surface area contributed by atoms with Gasteiger partial charge in [-0.3, -0.25) is 9.59 Å². The van der Waals surface area contributed by atoms with E-state index < -0.39 is 10.9 Å². The number of hydrogen-bond donors (Lipinski definition) is 0. The minimum absolute atomic E-state index is 0.138. The zero-order chi connectivity index (χ0) is 9.30. The fourth-order valence-corrected chi connectivity index (χ4v) is 1.43. The van der Waals surface area contributed by atoms with Crippen molar-refractivity contribution in [3.8, 4) is 0 Å². The molecular formula is C5H2BrCl2NO3. The van der Waals surface area contributed by atoms with E-state index in [1.54, 1.807) is 0 Å². The second-order valence-electron chi connectivity index (χ2n) is 1.81. The Morgan fingerprint density at radius 3 is 2.50 bits per heavy atom. The molecule has 0 aromatic carbocycles. The molecule has 0 saturated heterocycles. The first-order chi connectivity index (χ1) is 5.57. The van der Waals surface area contributed by atoms with Gasteiger partial charge in [0.2, 0.25) is 0 Å². The van der Waals surface area contributed by atoms with Gasteiger partial charge in [-0.1, -0.05) is 32.3 Å². The molecule has 66 valence electrons. The smallest absolute Gasteiger partial charge is 0.357 e. The molecule has 0 saturated carbocycles. The summed E-state index contributed by atoms with van der Waals surface area (Å²) in [4.78, 5) is 21.5. The van der Waals surface area contributed by atoms with Crippen LogP contribution in [-0.4, -0.2) is 10.1 Å². The number of carbonyl (C=O) groups is 1. The third-order valence-electron chi connectivity index (χ3n) is 1.10. The molecule has 1 rings (SSSR count). The Kier molecular flexibility index (Phi) is 2.98. The Morgan fingerprint density at radius 2 is 2.25 bits per heavy atom. The number of nitrogens with zero attached hydrogens (tertiary/aromatic N) is 1. The Balaban J connectivity index is 3.35. The highest BCUT2D eigenvalue weighted by molar-refractivity contribution is 9.08. The second kappa shape index (κ2) is 3.64. The third kappa shape index (κ3) is 1.57. The topological polar surface area (TPSA) is 52.2 Å². The first kappa shape index (κ1) is 9.83. The van der Waals surface area contributed by atoms with Gasteiger partial charge in [-0.25, -0.2) is 0 Å². The van der Waals surface area contributed by atoms with Gasteiger partial charge < -0.3 is 4.52 Å². The third-order valence-corrected chi connectivity index (χ3v) is 2.13. The van der Waals surface area contributed by atoms with Crippen molar-refractivity contribution in [3.05, 3.63) is 21.1 Å². The summed E-state index contributed by atoms with van der Waals surface area (Å²) in [6.07, 6.45) is 0. The van der Waals surface area contributed by atoms with Crippen molar-refractivity contribution in [3.63, 3.8) is 0 Å². The van der Waals surface area contributed by atoms with Crippen LogP contribution in [0.1, 0.15) is 5.76 Å². The van der Waals surface area contributed by atoms with E-state index in [9.17, 15) is 9.59 Å². The molecule has 0 spiro atoms. The van der Waals surface area contributed by atoms with Crippen molar-refractivity contribution in [1.82, 2.24) is 4.74 Å². The standard InChI is InChI=1S/C5H2BrCl2NO3/c6-1-2-3(7)4(10)9(12-2)5(8)11/h1H2. The van der Waals surface area contributed by atoms with Crippen LogP contribution in [0.4, 0.5) is 4.79 Å². The van der Waals surface area contributed by atoms with E-state index in [0.29, 0.717) is 4.74 Å². The van der Waals surface area contributed by atoms with Gasteiger partial charge in [0, 0.05) is 0 Å². The molecule has 1 aromatic rings. The molecule has 0 radical (unpaired) electrons. The lowest BCUT2D eigenvalue weighted by molar-refractivity contribution is 0.226. The molecule has 0 unspecified atom stereocenters. The van der Waals surface area contributed by atoms with Crippen molar-refractivity contribution in [2.45, 2.75) is 5.33 Å². The van der Waals surface area contributed by atoms with E-state index in [4.69, 9.17) is 27.7 Å². The van der Waals surface area contributed by atoms with Crippen LogP contribution < -0.4 is 5.56 Å². The molecule has 0 amide bonds. The Hall–Kier alpha value is -0.260. The summed E-state index contributed by atoms with van der Waals surface area (Å²) in [5.41, 5.74) is -0.744. The number of aromatic nitrogens is 1. The van der Waals surface area contributed by atoms with Gasteiger partial charge in [0.15, 0.2) is 10.8 Å². The quantitative estimate of drug-likeness (QED) is 0.583. The zero-order valence-corrected chi connectivity index (χ0v) is 8.61. The van der Waals surface area contributed by atoms with Gasteiger partial charge in [0.05, 0.1) is 5.33 Å². The summed E-state index contributed by atoms with van der Waals surface area (Å²) < 4.78 is 5.09. The Labute approximate surface area is 85.1 Å². The van der Waals surface area contributed by atoms with E-state index in [1.165, 1.54) is 0 Å². The minimum Gasteiger partial charge on any atom is -0.369 e. The maximum absolute atomic E-state index is 11.0. The van der Waals surface area contributed by atoms with E-state index in [-0.39, 0.29) is 16.1 Å². The molecule has 0 aliphatic heterocycles. The summed E-state index contributed by atoms with van der Waals surface area (Å²) in [6, 6.07) is 0. The lowest BCUT2D eigenvalue weighted by Gasteiger charge is -1.86. The Bertz CT molecular complexity index is 369. The molecule has 0 fully saturated rings. The molecular weight excluding hydrogens is 273 g/mol. The largest absolute Gasteiger partial charge is 0.369 e. The van der Waals surface area contributed by atoms with Crippen LogP contribution in [-0.2, 0) is 5.33 Å². The van der Waals surface area contributed by atoms with E-state index in [0.717, 1.165) is 0 Å². The molecule has 12 heavy (non-hydrogen) atoms. The van der Waals surface area contributed by atoms with E-state index in [1.807, 2.05) is 0 Å². The number of carbonyl (C=O) groups excluding carboxylic acids is 1. The van der Waals surface area contributed by atoms with Crippen molar-refractivity contribution in [2.24, 2.45) is 0 Å². The summed E-state index contributed by atoms with van der Waals surface area (Å²) in [7, 11) is 0. The van der Waals surface area contributed by atoms with Crippen LogP contribution in [0.25, 0.3) is 0 Å². The fourth-order valence-electron chi connectivity index (χ4n) is 0.599. The molecule has 0 atom stereocenters. The van der Waals surface area contributed by atoms with Crippen LogP contribution >= 0.6 is 39.1 Å². The summed E-state index contributed by atoms with van der Waals surface area (Å²) >= 11 is 13.5. The Morgan fingerprint density at radius 1 is 1.67 bits per heavy atom. The van der Waals surface area contributed by atoms with Gasteiger partial charge in [0.1, 0.15) is 0 Å². The highest BCUT2D eigenvalue weighted by Gasteiger charge is 2.17. The highest BCUT2D eigenvalue weighted by atomic mass is 79.9. The average Bonchev–Trinajstić information content (AvgIpc) is 2.30. The molecule has 0 aliphatic carbocycles. The van der Waals surface area contributed by atoms with Crippen molar-refractivity contribution in [2.75, 3.05) is 0 Å².